The van der Waals surface area contributed by atoms with E-state index in [0.29, 0.717) is 32.4 Å². The highest BCUT2D eigenvalue weighted by Gasteiger charge is 2.26. The molecule has 0 aromatic heterocycles. The average Bonchev–Trinajstić information content (AvgIpc) is 2.53. The Kier molecular flexibility index (Phi) is 6.61. The highest BCUT2D eigenvalue weighted by atomic mass is 79.9. The van der Waals surface area contributed by atoms with Gasteiger partial charge in [-0.15, -0.1) is 0 Å². The standard InChI is InChI=1S/C16H23BrN2O3S/c1-2-3-4-16(20)19-11-9-14(10-12-19)18-23(21,22)15-7-5-13(17)6-8-15/h5-8,14,18H,2-4,9-12H2,1H3. The number of carbonyl (C=O) groups is 1. The summed E-state index contributed by atoms with van der Waals surface area (Å²) in [5.41, 5.74) is 0. The SMILES string of the molecule is CCCCC(=O)N1CCC(NS(=O)(=O)c2ccc(Br)cc2)CC1. The molecular weight excluding hydrogens is 380 g/mol. The Balaban J connectivity index is 1.88. The molecule has 1 aliphatic rings. The molecule has 1 fully saturated rings. The molecule has 23 heavy (non-hydrogen) atoms. The summed E-state index contributed by atoms with van der Waals surface area (Å²) >= 11 is 3.30. The van der Waals surface area contributed by atoms with Crippen LogP contribution in [-0.2, 0) is 14.8 Å². The van der Waals surface area contributed by atoms with Crippen LogP contribution in [0.3, 0.4) is 0 Å². The van der Waals surface area contributed by atoms with E-state index in [2.05, 4.69) is 27.6 Å². The van der Waals surface area contributed by atoms with Crippen LogP contribution in [0, 0.1) is 0 Å². The first kappa shape index (κ1) is 18.4. The van der Waals surface area contributed by atoms with Crippen LogP contribution in [0.15, 0.2) is 33.6 Å². The third-order valence-corrected chi connectivity index (χ3v) is 6.10. The molecule has 1 saturated heterocycles. The van der Waals surface area contributed by atoms with Crippen molar-refractivity contribution in [3.8, 4) is 0 Å². The number of carbonyl (C=O) groups excluding carboxylic acids is 1. The van der Waals surface area contributed by atoms with Crippen LogP contribution in [-0.4, -0.2) is 38.4 Å². The first-order chi connectivity index (χ1) is 10.9. The molecule has 0 unspecified atom stereocenters. The molecule has 0 spiro atoms. The van der Waals surface area contributed by atoms with Crippen molar-refractivity contribution >= 4 is 31.9 Å². The lowest BCUT2D eigenvalue weighted by atomic mass is 10.1. The second-order valence-electron chi connectivity index (χ2n) is 5.83. The zero-order valence-electron chi connectivity index (χ0n) is 13.3. The van der Waals surface area contributed by atoms with Gasteiger partial charge in [0.2, 0.25) is 15.9 Å². The summed E-state index contributed by atoms with van der Waals surface area (Å²) in [6, 6.07) is 6.47. The lowest BCUT2D eigenvalue weighted by molar-refractivity contribution is -0.132. The normalized spacial score (nSPS) is 16.5. The van der Waals surface area contributed by atoms with Crippen LogP contribution in [0.1, 0.15) is 39.0 Å². The molecule has 1 N–H and O–H groups in total. The maximum Gasteiger partial charge on any atom is 0.240 e. The maximum absolute atomic E-state index is 12.4. The molecule has 0 atom stereocenters. The van der Waals surface area contributed by atoms with Gasteiger partial charge in [0.25, 0.3) is 0 Å². The van der Waals surface area contributed by atoms with Gasteiger partial charge in [-0.25, -0.2) is 13.1 Å². The van der Waals surface area contributed by atoms with Crippen molar-refractivity contribution in [3.63, 3.8) is 0 Å². The van der Waals surface area contributed by atoms with Crippen LogP contribution in [0.5, 0.6) is 0 Å². The molecule has 1 aromatic rings. The molecule has 0 radical (unpaired) electrons. The summed E-state index contributed by atoms with van der Waals surface area (Å²) in [5.74, 6) is 0.182. The third-order valence-electron chi connectivity index (χ3n) is 4.04. The number of likely N-dealkylation sites (tertiary alicyclic amines) is 1. The van der Waals surface area contributed by atoms with E-state index in [1.165, 1.54) is 0 Å². The predicted molar refractivity (Wildman–Crippen MR) is 93.6 cm³/mol. The Hall–Kier alpha value is -0.920. The minimum atomic E-state index is -3.50. The number of halogens is 1. The van der Waals surface area contributed by atoms with Gasteiger partial charge in [-0.2, -0.15) is 0 Å². The van der Waals surface area contributed by atoms with Gasteiger partial charge in [0.1, 0.15) is 0 Å². The number of hydrogen-bond donors (Lipinski definition) is 1. The fraction of sp³-hybridized carbons (Fsp3) is 0.562. The first-order valence-corrected chi connectivity index (χ1v) is 10.3. The molecule has 0 aliphatic carbocycles. The van der Waals surface area contributed by atoms with E-state index in [1.807, 2.05) is 4.90 Å². The first-order valence-electron chi connectivity index (χ1n) is 7.98. The lowest BCUT2D eigenvalue weighted by Crippen LogP contribution is -2.46. The summed E-state index contributed by atoms with van der Waals surface area (Å²) in [6.07, 6.45) is 3.83. The zero-order valence-corrected chi connectivity index (χ0v) is 15.7. The number of nitrogens with one attached hydrogen (secondary N) is 1. The van der Waals surface area contributed by atoms with Crippen molar-refractivity contribution in [3.05, 3.63) is 28.7 Å². The Labute approximate surface area is 146 Å². The largest absolute Gasteiger partial charge is 0.343 e. The predicted octanol–water partition coefficient (Wildman–Crippen LogP) is 2.91. The number of rotatable bonds is 6. The van der Waals surface area contributed by atoms with Gasteiger partial charge < -0.3 is 4.90 Å². The van der Waals surface area contributed by atoms with E-state index in [-0.39, 0.29) is 16.8 Å². The zero-order chi connectivity index (χ0) is 16.9. The second-order valence-corrected chi connectivity index (χ2v) is 8.46. The summed E-state index contributed by atoms with van der Waals surface area (Å²) in [6.45, 7) is 3.31. The van der Waals surface area contributed by atoms with Crippen molar-refractivity contribution in [1.29, 1.82) is 0 Å². The molecule has 0 saturated carbocycles. The molecule has 7 heteroatoms. The quantitative estimate of drug-likeness (QED) is 0.795. The molecule has 1 aromatic carbocycles. The third kappa shape index (κ3) is 5.29. The maximum atomic E-state index is 12.4. The molecule has 2 rings (SSSR count). The van der Waals surface area contributed by atoms with Gasteiger partial charge in [0.05, 0.1) is 4.90 Å². The Morgan fingerprint density at radius 2 is 1.87 bits per heavy atom. The van der Waals surface area contributed by atoms with Crippen LogP contribution in [0.25, 0.3) is 0 Å². The van der Waals surface area contributed by atoms with Gasteiger partial charge in [-0.05, 0) is 43.5 Å². The number of piperidine rings is 1. The van der Waals surface area contributed by atoms with Gasteiger partial charge in [0.15, 0.2) is 0 Å². The van der Waals surface area contributed by atoms with Crippen molar-refractivity contribution in [2.45, 2.75) is 50.0 Å². The Bertz CT molecular complexity index is 623. The number of unbranched alkanes of at least 4 members (excludes halogenated alkanes) is 1. The number of nitrogens with zero attached hydrogens (tertiary/aromatic N) is 1. The summed E-state index contributed by atoms with van der Waals surface area (Å²) in [7, 11) is -3.50. The highest BCUT2D eigenvalue weighted by Crippen LogP contribution is 2.18. The lowest BCUT2D eigenvalue weighted by Gasteiger charge is -2.32. The van der Waals surface area contributed by atoms with Crippen molar-refractivity contribution < 1.29 is 13.2 Å². The summed E-state index contributed by atoms with van der Waals surface area (Å²) in [4.78, 5) is 14.1. The van der Waals surface area contributed by atoms with E-state index in [9.17, 15) is 13.2 Å². The van der Waals surface area contributed by atoms with E-state index < -0.39 is 10.0 Å². The van der Waals surface area contributed by atoms with Crippen LogP contribution in [0.4, 0.5) is 0 Å². The monoisotopic (exact) mass is 402 g/mol. The smallest absolute Gasteiger partial charge is 0.240 e. The van der Waals surface area contributed by atoms with E-state index >= 15 is 0 Å². The number of hydrogen-bond acceptors (Lipinski definition) is 3. The molecule has 128 valence electrons. The molecular formula is C16H23BrN2O3S. The fourth-order valence-electron chi connectivity index (χ4n) is 2.63. The van der Waals surface area contributed by atoms with E-state index in [1.54, 1.807) is 24.3 Å². The summed E-state index contributed by atoms with van der Waals surface area (Å²) < 4.78 is 28.3. The van der Waals surface area contributed by atoms with E-state index in [0.717, 1.165) is 17.3 Å². The number of benzene rings is 1. The number of sulfonamides is 1. The highest BCUT2D eigenvalue weighted by molar-refractivity contribution is 9.10. The van der Waals surface area contributed by atoms with Crippen molar-refractivity contribution in [2.75, 3.05) is 13.1 Å². The van der Waals surface area contributed by atoms with E-state index in [4.69, 9.17) is 0 Å². The van der Waals surface area contributed by atoms with Crippen LogP contribution >= 0.6 is 15.9 Å². The molecule has 1 aliphatic heterocycles. The topological polar surface area (TPSA) is 66.5 Å². The van der Waals surface area contributed by atoms with Crippen molar-refractivity contribution in [2.24, 2.45) is 0 Å². The second kappa shape index (κ2) is 8.26. The van der Waals surface area contributed by atoms with Gasteiger partial charge in [0, 0.05) is 30.0 Å². The molecule has 1 heterocycles. The van der Waals surface area contributed by atoms with Gasteiger partial charge in [-0.1, -0.05) is 29.3 Å². The summed E-state index contributed by atoms with van der Waals surface area (Å²) in [5, 5.41) is 0. The average molecular weight is 403 g/mol. The minimum Gasteiger partial charge on any atom is -0.343 e. The Morgan fingerprint density at radius 3 is 2.43 bits per heavy atom. The van der Waals surface area contributed by atoms with Crippen molar-refractivity contribution in [1.82, 2.24) is 9.62 Å². The molecule has 0 bridgehead atoms. The number of amides is 1. The fourth-order valence-corrected chi connectivity index (χ4v) is 4.20. The molecule has 5 nitrogen and oxygen atoms in total. The van der Waals surface area contributed by atoms with Crippen LogP contribution < -0.4 is 4.72 Å². The Morgan fingerprint density at radius 1 is 1.26 bits per heavy atom. The van der Waals surface area contributed by atoms with Gasteiger partial charge in [-0.3, -0.25) is 4.79 Å². The van der Waals surface area contributed by atoms with Gasteiger partial charge >= 0.3 is 0 Å². The van der Waals surface area contributed by atoms with Crippen LogP contribution in [0.2, 0.25) is 0 Å². The molecule has 1 amide bonds. The minimum absolute atomic E-state index is 0.112.